The van der Waals surface area contributed by atoms with Crippen LogP contribution in [0.15, 0.2) is 477 Å². The zero-order chi connectivity index (χ0) is 94.8. The largest absolute Gasteiger partial charge is 0.289 e. The van der Waals surface area contributed by atoms with E-state index in [1.165, 1.54) is 178 Å². The molecule has 0 radical (unpaired) electrons. The molecule has 8 heteroatoms. The topological polar surface area (TPSA) is 137 Å². The van der Waals surface area contributed by atoms with Gasteiger partial charge in [-0.15, -0.1) is 0 Å². The standard InChI is InChI=1S/4C34H20O2/c4*35-33-29-25-17-9-1-2-10-18(17)26(20-12-4-3-11-19(20)25)30(29)34(36)32-28-23-15-7-5-13-21(23)27(31(32)33)22-14-6-8-16-24(22)28/h4*1-16,25-28H. The number of carbonyl (C=O) groups is 8. The maximum absolute atomic E-state index is 14.7. The van der Waals surface area contributed by atoms with E-state index in [0.717, 1.165) is 89.2 Å². The highest BCUT2D eigenvalue weighted by atomic mass is 16.2. The van der Waals surface area contributed by atoms with Crippen LogP contribution >= 0.6 is 0 Å². The Morgan fingerprint density at radius 1 is 0.0764 bits per heavy atom. The third-order valence-corrected chi connectivity index (χ3v) is 36.7. The molecule has 44 rings (SSSR count). The van der Waals surface area contributed by atoms with Gasteiger partial charge in [-0.2, -0.15) is 0 Å². The molecule has 0 N–H and O–H groups in total. The first-order chi connectivity index (χ1) is 71.0. The molecule has 0 aliphatic heterocycles. The van der Waals surface area contributed by atoms with Crippen LogP contribution in [0.25, 0.3) is 0 Å². The summed E-state index contributed by atoms with van der Waals surface area (Å²) in [4.78, 5) is 118. The fraction of sp³-hybridized carbons (Fsp3) is 0.118. The Morgan fingerprint density at radius 2 is 0.118 bits per heavy atom. The number of rotatable bonds is 0. The second-order valence-electron chi connectivity index (χ2n) is 42.2. The number of Topliss-reactive ketones (excluding diaryl/α,β-unsaturated/α-hetero) is 8. The lowest BCUT2D eigenvalue weighted by atomic mass is 9.51. The predicted molar refractivity (Wildman–Crippen MR) is 549 cm³/mol. The molecule has 0 atom stereocenters. The molecule has 28 aliphatic rings. The third-order valence-electron chi connectivity index (χ3n) is 36.7. The van der Waals surface area contributed by atoms with Crippen molar-refractivity contribution in [2.24, 2.45) is 0 Å². The summed E-state index contributed by atoms with van der Waals surface area (Å²) in [5.74, 6) is -2.33. The van der Waals surface area contributed by atoms with Crippen molar-refractivity contribution in [3.8, 4) is 0 Å². The predicted octanol–water partition coefficient (Wildman–Crippen LogP) is 25.3. The number of allylic oxidation sites excluding steroid dienone is 16. The van der Waals surface area contributed by atoms with Gasteiger partial charge in [0.1, 0.15) is 0 Å². The highest BCUT2D eigenvalue weighted by Gasteiger charge is 2.63. The van der Waals surface area contributed by atoms with Gasteiger partial charge in [-0.25, -0.2) is 0 Å². The first kappa shape index (κ1) is 79.6. The van der Waals surface area contributed by atoms with Gasteiger partial charge >= 0.3 is 0 Å². The second kappa shape index (κ2) is 28.4. The monoisotopic (exact) mass is 1840 g/mol. The zero-order valence-electron chi connectivity index (χ0n) is 77.5. The molecule has 144 heavy (non-hydrogen) atoms. The van der Waals surface area contributed by atoms with Crippen LogP contribution in [0.3, 0.4) is 0 Å². The Hall–Kier alpha value is -17.2. The summed E-state index contributed by atoms with van der Waals surface area (Å²) in [7, 11) is 0. The minimum atomic E-state index is -0.186. The van der Waals surface area contributed by atoms with Gasteiger partial charge in [0, 0.05) is 184 Å². The van der Waals surface area contributed by atoms with E-state index in [4.69, 9.17) is 0 Å². The molecule has 16 aromatic carbocycles. The highest BCUT2D eigenvalue weighted by Crippen LogP contribution is 2.71. The Kier molecular flexibility index (Phi) is 15.7. The van der Waals surface area contributed by atoms with Gasteiger partial charge in [-0.1, -0.05) is 388 Å². The summed E-state index contributed by atoms with van der Waals surface area (Å²) in [6, 6.07) is 134. The maximum Gasteiger partial charge on any atom is 0.187 e. The van der Waals surface area contributed by atoms with Crippen LogP contribution < -0.4 is 0 Å². The highest BCUT2D eigenvalue weighted by molar-refractivity contribution is 6.34. The fourth-order valence-corrected chi connectivity index (χ4v) is 31.9. The van der Waals surface area contributed by atoms with Crippen LogP contribution in [-0.2, 0) is 38.4 Å². The molecule has 0 heterocycles. The molecule has 0 aromatic heterocycles. The van der Waals surface area contributed by atoms with Crippen LogP contribution in [0.1, 0.15) is 273 Å². The van der Waals surface area contributed by atoms with Gasteiger partial charge in [-0.05, 0) is 178 Å². The zero-order valence-corrected chi connectivity index (χ0v) is 77.5. The van der Waals surface area contributed by atoms with Crippen molar-refractivity contribution in [1.82, 2.24) is 0 Å². The van der Waals surface area contributed by atoms with Crippen molar-refractivity contribution in [2.45, 2.75) is 94.7 Å². The van der Waals surface area contributed by atoms with E-state index >= 15 is 0 Å². The fourth-order valence-electron chi connectivity index (χ4n) is 31.9. The normalized spacial score (nSPS) is 25.7. The molecule has 16 bridgehead atoms. The second-order valence-corrected chi connectivity index (χ2v) is 42.2. The van der Waals surface area contributed by atoms with E-state index in [-0.39, 0.29) is 141 Å². The van der Waals surface area contributed by atoms with E-state index in [9.17, 15) is 38.4 Å². The molecule has 8 nitrogen and oxygen atoms in total. The molecule has 0 unspecified atom stereocenters. The van der Waals surface area contributed by atoms with Crippen molar-refractivity contribution in [1.29, 1.82) is 0 Å². The summed E-state index contributed by atoms with van der Waals surface area (Å²) in [6.45, 7) is 0. The summed E-state index contributed by atoms with van der Waals surface area (Å²) in [5.41, 5.74) is 49.1. The molecule has 0 saturated heterocycles. The lowest BCUT2D eigenvalue weighted by molar-refractivity contribution is -0.117. The number of ketones is 8. The molecule has 0 spiro atoms. The van der Waals surface area contributed by atoms with Crippen LogP contribution in [-0.4, -0.2) is 46.3 Å². The first-order valence-corrected chi connectivity index (χ1v) is 50.7. The summed E-state index contributed by atoms with van der Waals surface area (Å²) < 4.78 is 0. The minimum absolute atomic E-state index is 0.0811. The van der Waals surface area contributed by atoms with Crippen molar-refractivity contribution in [2.75, 3.05) is 0 Å². The van der Waals surface area contributed by atoms with Crippen LogP contribution in [0.5, 0.6) is 0 Å². The lowest BCUT2D eigenvalue weighted by Gasteiger charge is -2.49. The molecule has 0 fully saturated rings. The molecule has 28 aliphatic carbocycles. The average molecular weight is 1840 g/mol. The Balaban J connectivity index is 0.0000000844. The minimum Gasteiger partial charge on any atom is -0.289 e. The van der Waals surface area contributed by atoms with Gasteiger partial charge < -0.3 is 0 Å². The molecule has 672 valence electrons. The number of hydrogen-bond donors (Lipinski definition) is 0. The summed E-state index contributed by atoms with van der Waals surface area (Å²) in [6.07, 6.45) is 0. The lowest BCUT2D eigenvalue weighted by Crippen LogP contribution is -2.43. The number of carbonyl (C=O) groups excluding carboxylic acids is 8. The van der Waals surface area contributed by atoms with E-state index in [2.05, 4.69) is 388 Å². The molecular weight excluding hydrogens is 1760 g/mol. The van der Waals surface area contributed by atoms with Crippen molar-refractivity contribution < 1.29 is 38.4 Å². The van der Waals surface area contributed by atoms with E-state index in [1.54, 1.807) is 0 Å². The van der Waals surface area contributed by atoms with E-state index < -0.39 is 0 Å². The third kappa shape index (κ3) is 9.58. The van der Waals surface area contributed by atoms with Crippen molar-refractivity contribution >= 4 is 46.3 Å². The SMILES string of the molecule is O=C1C2=C(C(=O)C3=C1C1c4ccccc4C3c3ccccc31)C1c3ccccc3C2c2ccccc21.O=C1C2=C(C(=O)C3=C1C1c4ccccc4C3c3ccccc31)C1c3ccccc3C2c2ccccc21.O=C1C2=C(C(=O)C3=C1C1c4ccccc4C3c3ccccc31)C1c3ccccc3C2c2ccccc21.O=C1C2=C(C(=O)C3=C1C1c4ccccc4C3c3ccccc31)C1c3ccccc3C2c2ccccc21. The quantitative estimate of drug-likeness (QED) is 0.137. The van der Waals surface area contributed by atoms with Crippen LogP contribution in [0, 0.1) is 0 Å². The van der Waals surface area contributed by atoms with Gasteiger partial charge in [0.15, 0.2) is 46.3 Å². The molecular formula is C136H80O8. The first-order valence-electron chi connectivity index (χ1n) is 50.7. The maximum atomic E-state index is 14.7. The summed E-state index contributed by atoms with van der Waals surface area (Å²) in [5, 5.41) is 0. The Labute approximate surface area is 829 Å². The van der Waals surface area contributed by atoms with Crippen molar-refractivity contribution in [3.63, 3.8) is 0 Å². The number of benzene rings is 16. The van der Waals surface area contributed by atoms with Crippen molar-refractivity contribution in [3.05, 3.63) is 655 Å². The van der Waals surface area contributed by atoms with Gasteiger partial charge in [0.05, 0.1) is 0 Å². The van der Waals surface area contributed by atoms with Gasteiger partial charge in [-0.3, -0.25) is 38.4 Å². The van der Waals surface area contributed by atoms with Gasteiger partial charge in [0.25, 0.3) is 0 Å². The van der Waals surface area contributed by atoms with E-state index in [1.807, 2.05) is 0 Å². The molecule has 16 aromatic rings. The Bertz CT molecular complexity index is 6850. The Morgan fingerprint density at radius 3 is 0.160 bits per heavy atom. The number of hydrogen-bond acceptors (Lipinski definition) is 8. The molecule has 0 saturated carbocycles. The molecule has 0 amide bonds. The van der Waals surface area contributed by atoms with E-state index in [0.29, 0.717) is 0 Å². The summed E-state index contributed by atoms with van der Waals surface area (Å²) >= 11 is 0. The van der Waals surface area contributed by atoms with Crippen LogP contribution in [0.2, 0.25) is 0 Å². The van der Waals surface area contributed by atoms with Gasteiger partial charge in [0.2, 0.25) is 0 Å². The average Bonchev–Trinajstić information content (AvgIpc) is 0.676. The van der Waals surface area contributed by atoms with Crippen LogP contribution in [0.4, 0.5) is 0 Å². The smallest absolute Gasteiger partial charge is 0.187 e.